The first-order chi connectivity index (χ1) is 11.3. The Balaban J connectivity index is 1.99. The lowest BCUT2D eigenvalue weighted by molar-refractivity contribution is -0.119. The second-order valence-electron chi connectivity index (χ2n) is 6.77. The second kappa shape index (κ2) is 5.94. The number of nitrogens with one attached hydrogen (secondary N) is 2. The molecule has 7 heteroatoms. The van der Waals surface area contributed by atoms with E-state index < -0.39 is 0 Å². The third kappa shape index (κ3) is 3.01. The minimum absolute atomic E-state index is 0.0325. The van der Waals surface area contributed by atoms with E-state index in [-0.39, 0.29) is 11.3 Å². The van der Waals surface area contributed by atoms with Crippen molar-refractivity contribution in [3.8, 4) is 11.4 Å². The number of carbonyl (C=O) groups excluding carboxylic acids is 1. The van der Waals surface area contributed by atoms with Crippen LogP contribution in [0.15, 0.2) is 24.3 Å². The number of likely N-dealkylation sites (N-methyl/N-ethyl adjacent to an activating group) is 1. The molecule has 0 fully saturated rings. The molecule has 1 aromatic carbocycles. The van der Waals surface area contributed by atoms with Gasteiger partial charge in [-0.3, -0.25) is 9.89 Å². The highest BCUT2D eigenvalue weighted by atomic mass is 35.5. The molecule has 2 aromatic heterocycles. The maximum absolute atomic E-state index is 11.5. The van der Waals surface area contributed by atoms with Crippen molar-refractivity contribution in [2.75, 3.05) is 7.05 Å². The molecule has 0 aliphatic rings. The van der Waals surface area contributed by atoms with E-state index in [1.165, 1.54) is 0 Å². The van der Waals surface area contributed by atoms with Gasteiger partial charge in [-0.15, -0.1) is 5.10 Å². The molecule has 3 aromatic rings. The van der Waals surface area contributed by atoms with Crippen molar-refractivity contribution in [1.82, 2.24) is 25.1 Å². The quantitative estimate of drug-likeness (QED) is 0.766. The van der Waals surface area contributed by atoms with E-state index in [4.69, 9.17) is 11.6 Å². The fourth-order valence-corrected chi connectivity index (χ4v) is 2.96. The average Bonchev–Trinajstić information content (AvgIpc) is 3.07. The lowest BCUT2D eigenvalue weighted by Crippen LogP contribution is -2.19. The smallest absolute Gasteiger partial charge is 0.224 e. The van der Waals surface area contributed by atoms with E-state index in [0.29, 0.717) is 22.9 Å². The van der Waals surface area contributed by atoms with Gasteiger partial charge < -0.3 is 5.32 Å². The Bertz CT molecular complexity index is 903. The van der Waals surface area contributed by atoms with Crippen LogP contribution in [-0.4, -0.2) is 32.8 Å². The van der Waals surface area contributed by atoms with Gasteiger partial charge in [-0.2, -0.15) is 4.63 Å². The Morgan fingerprint density at radius 1 is 1.38 bits per heavy atom. The SMILES string of the molecule is CNC(=O)Cc1cccc(-c2nc3c(Cl)c(C(C)(C)C)[nH]n3n2)c1. The number of hydrogen-bond donors (Lipinski definition) is 2. The molecule has 6 nitrogen and oxygen atoms in total. The number of nitrogens with zero attached hydrogens (tertiary/aromatic N) is 3. The third-order valence-electron chi connectivity index (χ3n) is 3.82. The van der Waals surface area contributed by atoms with Crippen molar-refractivity contribution >= 4 is 23.2 Å². The van der Waals surface area contributed by atoms with Crippen LogP contribution in [0.25, 0.3) is 17.0 Å². The maximum atomic E-state index is 11.5. The van der Waals surface area contributed by atoms with E-state index in [9.17, 15) is 4.79 Å². The molecular weight excluding hydrogens is 326 g/mol. The summed E-state index contributed by atoms with van der Waals surface area (Å²) in [4.78, 5) is 16.1. The van der Waals surface area contributed by atoms with Crippen molar-refractivity contribution in [2.45, 2.75) is 32.6 Å². The van der Waals surface area contributed by atoms with E-state index in [0.717, 1.165) is 16.8 Å². The van der Waals surface area contributed by atoms with Crippen LogP contribution < -0.4 is 5.32 Å². The predicted molar refractivity (Wildman–Crippen MR) is 94.3 cm³/mol. The lowest BCUT2D eigenvalue weighted by atomic mass is 9.92. The number of benzene rings is 1. The highest BCUT2D eigenvalue weighted by Crippen LogP contribution is 2.31. The number of fused-ring (bicyclic) bond motifs is 1. The number of rotatable bonds is 3. The molecule has 3 rings (SSSR count). The number of aromatic amines is 1. The van der Waals surface area contributed by atoms with E-state index in [1.807, 2.05) is 24.3 Å². The molecule has 126 valence electrons. The number of amides is 1. The van der Waals surface area contributed by atoms with Crippen molar-refractivity contribution in [2.24, 2.45) is 0 Å². The van der Waals surface area contributed by atoms with Gasteiger partial charge >= 0.3 is 0 Å². The van der Waals surface area contributed by atoms with Crippen LogP contribution in [0.4, 0.5) is 0 Å². The molecule has 1 amide bonds. The van der Waals surface area contributed by atoms with Crippen LogP contribution in [0, 0.1) is 0 Å². The van der Waals surface area contributed by atoms with Crippen molar-refractivity contribution in [3.05, 3.63) is 40.5 Å². The third-order valence-corrected chi connectivity index (χ3v) is 4.18. The first kappa shape index (κ1) is 16.5. The highest BCUT2D eigenvalue weighted by molar-refractivity contribution is 6.34. The molecule has 2 N–H and O–H groups in total. The molecule has 0 spiro atoms. The average molecular weight is 346 g/mol. The summed E-state index contributed by atoms with van der Waals surface area (Å²) < 4.78 is 1.60. The lowest BCUT2D eigenvalue weighted by Gasteiger charge is -2.16. The molecule has 0 radical (unpaired) electrons. The first-order valence-electron chi connectivity index (χ1n) is 7.74. The zero-order valence-electron chi connectivity index (χ0n) is 14.1. The largest absolute Gasteiger partial charge is 0.359 e. The fraction of sp³-hybridized carbons (Fsp3) is 0.353. The van der Waals surface area contributed by atoms with Crippen LogP contribution in [0.5, 0.6) is 0 Å². The number of aromatic nitrogens is 4. The summed E-state index contributed by atoms with van der Waals surface area (Å²) in [5.74, 6) is 0.539. The van der Waals surface area contributed by atoms with Gasteiger partial charge in [0.15, 0.2) is 11.5 Å². The summed E-state index contributed by atoms with van der Waals surface area (Å²) in [5, 5.41) is 10.9. The molecule has 0 aliphatic heterocycles. The summed E-state index contributed by atoms with van der Waals surface area (Å²) in [6.07, 6.45) is 0.324. The molecule has 0 saturated heterocycles. The van der Waals surface area contributed by atoms with Gasteiger partial charge in [0.1, 0.15) is 5.02 Å². The van der Waals surface area contributed by atoms with Gasteiger partial charge in [0, 0.05) is 18.0 Å². The summed E-state index contributed by atoms with van der Waals surface area (Å²) >= 11 is 6.45. The van der Waals surface area contributed by atoms with Gasteiger partial charge in [-0.05, 0) is 11.6 Å². The van der Waals surface area contributed by atoms with Crippen LogP contribution in [0.3, 0.4) is 0 Å². The topological polar surface area (TPSA) is 75.1 Å². The van der Waals surface area contributed by atoms with Crippen LogP contribution in [0.2, 0.25) is 5.02 Å². The van der Waals surface area contributed by atoms with Gasteiger partial charge in [-0.1, -0.05) is 50.6 Å². The minimum Gasteiger partial charge on any atom is -0.359 e. The zero-order chi connectivity index (χ0) is 17.5. The Kier molecular flexibility index (Phi) is 4.09. The van der Waals surface area contributed by atoms with Gasteiger partial charge in [0.05, 0.1) is 12.1 Å². The monoisotopic (exact) mass is 345 g/mol. The van der Waals surface area contributed by atoms with Crippen LogP contribution in [-0.2, 0) is 16.6 Å². The van der Waals surface area contributed by atoms with Gasteiger partial charge in [-0.25, -0.2) is 4.98 Å². The molecule has 0 unspecified atom stereocenters. The molecule has 0 bridgehead atoms. The summed E-state index contributed by atoms with van der Waals surface area (Å²) in [7, 11) is 1.63. The van der Waals surface area contributed by atoms with Crippen molar-refractivity contribution in [1.29, 1.82) is 0 Å². The van der Waals surface area contributed by atoms with Crippen LogP contribution in [0.1, 0.15) is 32.0 Å². The zero-order valence-corrected chi connectivity index (χ0v) is 14.9. The number of carbonyl (C=O) groups is 1. The summed E-state index contributed by atoms with van der Waals surface area (Å²) in [6.45, 7) is 6.23. The van der Waals surface area contributed by atoms with E-state index in [2.05, 4.69) is 41.3 Å². The molecule has 0 atom stereocenters. The fourth-order valence-electron chi connectivity index (χ4n) is 2.51. The van der Waals surface area contributed by atoms with Gasteiger partial charge in [0.25, 0.3) is 0 Å². The molecule has 0 saturated carbocycles. The van der Waals surface area contributed by atoms with Crippen LogP contribution >= 0.6 is 11.6 Å². The number of halogens is 1. The molecule has 2 heterocycles. The predicted octanol–water partition coefficient (Wildman–Crippen LogP) is 2.96. The maximum Gasteiger partial charge on any atom is 0.224 e. The number of H-pyrrole nitrogens is 1. The van der Waals surface area contributed by atoms with Crippen molar-refractivity contribution < 1.29 is 4.79 Å². The van der Waals surface area contributed by atoms with Gasteiger partial charge in [0.2, 0.25) is 5.91 Å². The normalized spacial score (nSPS) is 11.9. The Hall–Kier alpha value is -2.34. The summed E-state index contributed by atoms with van der Waals surface area (Å²) in [5.41, 5.74) is 3.15. The summed E-state index contributed by atoms with van der Waals surface area (Å²) in [6, 6.07) is 7.64. The van der Waals surface area contributed by atoms with Crippen molar-refractivity contribution in [3.63, 3.8) is 0 Å². The Labute approximate surface area is 145 Å². The minimum atomic E-state index is -0.118. The van der Waals surface area contributed by atoms with E-state index >= 15 is 0 Å². The molecule has 0 aliphatic carbocycles. The Morgan fingerprint density at radius 2 is 2.12 bits per heavy atom. The second-order valence-corrected chi connectivity index (χ2v) is 7.15. The number of hydrogen-bond acceptors (Lipinski definition) is 3. The highest BCUT2D eigenvalue weighted by Gasteiger charge is 2.24. The molecular formula is C17H20ClN5O. The molecule has 24 heavy (non-hydrogen) atoms. The first-order valence-corrected chi connectivity index (χ1v) is 8.12. The Morgan fingerprint density at radius 3 is 2.75 bits per heavy atom. The van der Waals surface area contributed by atoms with E-state index in [1.54, 1.807) is 11.7 Å². The standard InChI is InChI=1S/C17H20ClN5O/c1-17(2,3)14-13(18)16-20-15(22-23(16)21-14)11-7-5-6-10(8-11)9-12(24)19-4/h5-8,21H,9H2,1-4H3,(H,19,24).